The van der Waals surface area contributed by atoms with E-state index in [0.717, 1.165) is 19.6 Å². The third kappa shape index (κ3) is 7.28. The zero-order valence-electron chi connectivity index (χ0n) is 21.9. The van der Waals surface area contributed by atoms with Crippen LogP contribution < -0.4 is 14.8 Å². The lowest BCUT2D eigenvalue weighted by atomic mass is 10.1. The molecule has 5 rings (SSSR count). The van der Waals surface area contributed by atoms with Crippen molar-refractivity contribution in [1.29, 1.82) is 0 Å². The van der Waals surface area contributed by atoms with E-state index in [9.17, 15) is 13.2 Å². The number of piperidine rings is 1. The smallest absolute Gasteiger partial charge is 0.280 e. The first-order chi connectivity index (χ1) is 18.9. The molecule has 39 heavy (non-hydrogen) atoms. The van der Waals surface area contributed by atoms with Gasteiger partial charge in [0.15, 0.2) is 5.01 Å². The van der Waals surface area contributed by atoms with Gasteiger partial charge in [0.25, 0.3) is 5.91 Å². The number of likely N-dealkylation sites (tertiary alicyclic amines) is 1. The van der Waals surface area contributed by atoms with E-state index in [4.69, 9.17) is 4.74 Å². The lowest BCUT2D eigenvalue weighted by molar-refractivity contribution is 0.0928. The number of sulfonamides is 1. The van der Waals surface area contributed by atoms with Crippen molar-refractivity contribution >= 4 is 33.0 Å². The van der Waals surface area contributed by atoms with Gasteiger partial charge in [0.2, 0.25) is 15.9 Å². The lowest BCUT2D eigenvalue weighted by Gasteiger charge is -2.28. The first-order valence-electron chi connectivity index (χ1n) is 13.3. The largest absolute Gasteiger partial charge is 0.477 e. The number of pyridine rings is 1. The van der Waals surface area contributed by atoms with Gasteiger partial charge in [-0.15, -0.1) is 11.3 Å². The van der Waals surface area contributed by atoms with Gasteiger partial charge >= 0.3 is 0 Å². The average Bonchev–Trinajstić information content (AvgIpc) is 3.70. The molecule has 1 saturated heterocycles. The second kappa shape index (κ2) is 12.3. The maximum atomic E-state index is 13.3. The van der Waals surface area contributed by atoms with E-state index in [0.29, 0.717) is 58.7 Å². The van der Waals surface area contributed by atoms with E-state index >= 15 is 0 Å². The van der Waals surface area contributed by atoms with E-state index in [1.165, 1.54) is 30.6 Å². The van der Waals surface area contributed by atoms with Crippen molar-refractivity contribution in [3.05, 3.63) is 47.6 Å². The van der Waals surface area contributed by atoms with Crippen LogP contribution in [0.15, 0.2) is 36.9 Å². The SMILES string of the molecule is CCOc1cncc(-c2cnc(C(=O)N[C@H](CCN3CCCCC3)c3cc(NS(=O)(=O)C4CC4)ccn3)s2)n1. The van der Waals surface area contributed by atoms with Crippen molar-refractivity contribution in [3.63, 3.8) is 0 Å². The number of carbonyl (C=O) groups is 1. The van der Waals surface area contributed by atoms with Crippen LogP contribution in [0.3, 0.4) is 0 Å². The average molecular weight is 572 g/mol. The summed E-state index contributed by atoms with van der Waals surface area (Å²) in [4.78, 5) is 33.9. The summed E-state index contributed by atoms with van der Waals surface area (Å²) in [6.07, 6.45) is 11.9. The molecule has 208 valence electrons. The van der Waals surface area contributed by atoms with Crippen molar-refractivity contribution in [2.45, 2.75) is 56.7 Å². The number of hydrogen-bond acceptors (Lipinski definition) is 10. The first kappa shape index (κ1) is 27.4. The molecule has 0 unspecified atom stereocenters. The van der Waals surface area contributed by atoms with Crippen molar-refractivity contribution in [2.75, 3.05) is 31.0 Å². The predicted octanol–water partition coefficient (Wildman–Crippen LogP) is 3.65. The summed E-state index contributed by atoms with van der Waals surface area (Å²) in [7, 11) is -3.41. The highest BCUT2D eigenvalue weighted by Crippen LogP contribution is 2.31. The molecule has 11 nitrogen and oxygen atoms in total. The normalized spacial score (nSPS) is 16.9. The number of nitrogens with zero attached hydrogens (tertiary/aromatic N) is 5. The minimum absolute atomic E-state index is 0.294. The number of hydrogen-bond donors (Lipinski definition) is 2. The molecule has 2 fully saturated rings. The highest BCUT2D eigenvalue weighted by molar-refractivity contribution is 7.93. The first-order valence-corrected chi connectivity index (χ1v) is 15.7. The number of ether oxygens (including phenoxy) is 1. The molecule has 1 saturated carbocycles. The van der Waals surface area contributed by atoms with E-state index < -0.39 is 16.1 Å². The van der Waals surface area contributed by atoms with Gasteiger partial charge in [-0.2, -0.15) is 0 Å². The third-order valence-corrected chi connectivity index (χ3v) is 9.59. The molecular formula is C26H33N7O4S2. The molecule has 0 spiro atoms. The van der Waals surface area contributed by atoms with E-state index in [1.807, 2.05) is 6.92 Å². The van der Waals surface area contributed by atoms with E-state index in [2.05, 4.69) is 34.9 Å². The molecule has 1 amide bonds. The zero-order chi connectivity index (χ0) is 27.2. The van der Waals surface area contributed by atoms with Gasteiger partial charge < -0.3 is 15.0 Å². The van der Waals surface area contributed by atoms with Crippen LogP contribution >= 0.6 is 11.3 Å². The number of anilines is 1. The molecule has 3 aromatic rings. The van der Waals surface area contributed by atoms with Crippen LogP contribution in [0.1, 0.15) is 67.0 Å². The monoisotopic (exact) mass is 571 g/mol. The van der Waals surface area contributed by atoms with Crippen LogP contribution in [-0.4, -0.2) is 70.7 Å². The molecule has 1 atom stereocenters. The Hall–Kier alpha value is -3.16. The number of rotatable bonds is 12. The quantitative estimate of drug-likeness (QED) is 0.333. The van der Waals surface area contributed by atoms with Crippen molar-refractivity contribution in [2.24, 2.45) is 0 Å². The zero-order valence-corrected chi connectivity index (χ0v) is 23.5. The van der Waals surface area contributed by atoms with Gasteiger partial charge in [-0.3, -0.25) is 19.5 Å². The van der Waals surface area contributed by atoms with Crippen LogP contribution in [0.5, 0.6) is 5.88 Å². The number of amides is 1. The van der Waals surface area contributed by atoms with Crippen LogP contribution in [0.25, 0.3) is 10.6 Å². The number of carbonyl (C=O) groups excluding carboxylic acids is 1. The Morgan fingerprint density at radius 2 is 2.00 bits per heavy atom. The van der Waals surface area contributed by atoms with Gasteiger partial charge in [-0.1, -0.05) is 6.42 Å². The summed E-state index contributed by atoms with van der Waals surface area (Å²) in [6.45, 7) is 5.22. The lowest BCUT2D eigenvalue weighted by Crippen LogP contribution is -2.35. The summed E-state index contributed by atoms with van der Waals surface area (Å²) in [5, 5.41) is 3.05. The molecule has 13 heteroatoms. The predicted molar refractivity (Wildman–Crippen MR) is 149 cm³/mol. The Morgan fingerprint density at radius 3 is 2.77 bits per heavy atom. The topological polar surface area (TPSA) is 139 Å². The van der Waals surface area contributed by atoms with Gasteiger partial charge in [0.05, 0.1) is 46.6 Å². The second-order valence-corrected chi connectivity index (χ2v) is 12.7. The standard InChI is InChI=1S/C26H33N7O4S2/c1-2-37-24-17-27-15-22(30-24)23-16-29-26(38-23)25(34)31-20(9-13-33-11-4-3-5-12-33)21-14-18(8-10-28-21)32-39(35,36)19-6-7-19/h8,10,14-17,19-20H,2-7,9,11-13H2,1H3,(H,28,32)(H,31,34)/t20-/m1/s1. The van der Waals surface area contributed by atoms with Crippen LogP contribution in [0, 0.1) is 0 Å². The highest BCUT2D eigenvalue weighted by atomic mass is 32.2. The fourth-order valence-corrected chi connectivity index (χ4v) is 6.67. The minimum atomic E-state index is -3.41. The van der Waals surface area contributed by atoms with Gasteiger partial charge in [0.1, 0.15) is 5.69 Å². The Bertz CT molecular complexity index is 1390. The molecule has 0 radical (unpaired) electrons. The summed E-state index contributed by atoms with van der Waals surface area (Å²) in [6, 6.07) is 2.93. The molecule has 1 aliphatic heterocycles. The molecule has 3 aromatic heterocycles. The fourth-order valence-electron chi connectivity index (χ4n) is 4.52. The van der Waals surface area contributed by atoms with Crippen molar-refractivity contribution in [3.8, 4) is 16.5 Å². The highest BCUT2D eigenvalue weighted by Gasteiger charge is 2.35. The van der Waals surface area contributed by atoms with E-state index in [1.54, 1.807) is 36.9 Å². The molecular weight excluding hydrogens is 538 g/mol. The Kier molecular flexibility index (Phi) is 8.68. The van der Waals surface area contributed by atoms with Gasteiger partial charge in [0, 0.05) is 18.9 Å². The maximum absolute atomic E-state index is 13.3. The molecule has 0 bridgehead atoms. The molecule has 2 N–H and O–H groups in total. The van der Waals surface area contributed by atoms with Crippen LogP contribution in [0.4, 0.5) is 5.69 Å². The second-order valence-electron chi connectivity index (χ2n) is 9.74. The van der Waals surface area contributed by atoms with Gasteiger partial charge in [-0.05, 0) is 64.3 Å². The maximum Gasteiger partial charge on any atom is 0.280 e. The Balaban J connectivity index is 1.33. The third-order valence-electron chi connectivity index (χ3n) is 6.71. The van der Waals surface area contributed by atoms with Crippen LogP contribution in [-0.2, 0) is 10.0 Å². The number of nitrogens with one attached hydrogen (secondary N) is 2. The summed E-state index contributed by atoms with van der Waals surface area (Å²) >= 11 is 1.22. The molecule has 4 heterocycles. The summed E-state index contributed by atoms with van der Waals surface area (Å²) in [5.41, 5.74) is 1.63. The number of thiazole rings is 1. The molecule has 2 aliphatic rings. The summed E-state index contributed by atoms with van der Waals surface area (Å²) < 4.78 is 33.1. The Labute approximate surface area is 232 Å². The Morgan fingerprint density at radius 1 is 1.18 bits per heavy atom. The van der Waals surface area contributed by atoms with E-state index in [-0.39, 0.29) is 11.2 Å². The fraction of sp³-hybridized carbons (Fsp3) is 0.500. The number of aromatic nitrogens is 4. The molecule has 0 aromatic carbocycles. The van der Waals surface area contributed by atoms with Crippen molar-refractivity contribution in [1.82, 2.24) is 30.2 Å². The van der Waals surface area contributed by atoms with Crippen LogP contribution in [0.2, 0.25) is 0 Å². The minimum Gasteiger partial charge on any atom is -0.477 e. The summed E-state index contributed by atoms with van der Waals surface area (Å²) in [5.74, 6) is 0.0880. The van der Waals surface area contributed by atoms with Crippen molar-refractivity contribution < 1.29 is 17.9 Å². The molecule has 1 aliphatic carbocycles. The van der Waals surface area contributed by atoms with Gasteiger partial charge in [-0.25, -0.2) is 18.4 Å².